The summed E-state index contributed by atoms with van der Waals surface area (Å²) in [7, 11) is 1.61. The Hall–Kier alpha value is -3.41. The van der Waals surface area contributed by atoms with Crippen molar-refractivity contribution in [2.75, 3.05) is 12.4 Å². The molecule has 0 bridgehead atoms. The maximum absolute atomic E-state index is 12.4. The van der Waals surface area contributed by atoms with Crippen LogP contribution in [0.2, 0.25) is 0 Å². The van der Waals surface area contributed by atoms with Gasteiger partial charge in [-0.1, -0.05) is 30.3 Å². The summed E-state index contributed by atoms with van der Waals surface area (Å²) in [6.07, 6.45) is 1.55. The highest BCUT2D eigenvalue weighted by molar-refractivity contribution is 5.92. The molecular weight excluding hydrogens is 328 g/mol. The zero-order valence-electron chi connectivity index (χ0n) is 14.7. The highest BCUT2D eigenvalue weighted by atomic mass is 16.5. The van der Waals surface area contributed by atoms with Crippen LogP contribution in [0.15, 0.2) is 60.8 Å². The number of nitrogens with one attached hydrogen (secondary N) is 2. The normalized spacial score (nSPS) is 10.2. The van der Waals surface area contributed by atoms with Crippen LogP contribution >= 0.6 is 0 Å². The number of aromatic nitrogens is 2. The number of amides is 1. The average molecular weight is 348 g/mol. The van der Waals surface area contributed by atoms with Gasteiger partial charge in [0.05, 0.1) is 7.11 Å². The molecule has 132 valence electrons. The van der Waals surface area contributed by atoms with Crippen molar-refractivity contribution in [3.63, 3.8) is 0 Å². The minimum atomic E-state index is -0.246. The van der Waals surface area contributed by atoms with Crippen molar-refractivity contribution in [3.05, 3.63) is 77.6 Å². The Morgan fingerprint density at radius 3 is 2.77 bits per heavy atom. The van der Waals surface area contributed by atoms with E-state index in [1.807, 2.05) is 55.5 Å². The Kier molecular flexibility index (Phi) is 5.43. The molecule has 0 aliphatic carbocycles. The van der Waals surface area contributed by atoms with E-state index >= 15 is 0 Å². The second-order valence-corrected chi connectivity index (χ2v) is 5.73. The molecule has 26 heavy (non-hydrogen) atoms. The first-order valence-corrected chi connectivity index (χ1v) is 8.22. The fourth-order valence-electron chi connectivity index (χ4n) is 2.45. The molecule has 1 aromatic heterocycles. The fourth-order valence-corrected chi connectivity index (χ4v) is 2.45. The molecule has 0 radical (unpaired) electrons. The van der Waals surface area contributed by atoms with Gasteiger partial charge >= 0.3 is 0 Å². The van der Waals surface area contributed by atoms with Crippen molar-refractivity contribution in [3.8, 4) is 5.75 Å². The molecule has 3 rings (SSSR count). The van der Waals surface area contributed by atoms with E-state index in [1.165, 1.54) is 0 Å². The van der Waals surface area contributed by atoms with Crippen LogP contribution in [0, 0.1) is 6.92 Å². The van der Waals surface area contributed by atoms with Gasteiger partial charge < -0.3 is 15.4 Å². The summed E-state index contributed by atoms with van der Waals surface area (Å²) in [6, 6.07) is 16.9. The van der Waals surface area contributed by atoms with Gasteiger partial charge in [0.1, 0.15) is 11.4 Å². The Morgan fingerprint density at radius 1 is 1.12 bits per heavy atom. The maximum atomic E-state index is 12.4. The van der Waals surface area contributed by atoms with E-state index in [0.29, 0.717) is 18.2 Å². The Bertz CT molecular complexity index is 912. The maximum Gasteiger partial charge on any atom is 0.270 e. The first-order chi connectivity index (χ1) is 12.7. The van der Waals surface area contributed by atoms with Gasteiger partial charge in [0.2, 0.25) is 5.95 Å². The summed E-state index contributed by atoms with van der Waals surface area (Å²) >= 11 is 0. The molecule has 0 saturated heterocycles. The van der Waals surface area contributed by atoms with Crippen LogP contribution < -0.4 is 15.4 Å². The van der Waals surface area contributed by atoms with Crippen molar-refractivity contribution in [1.82, 2.24) is 15.3 Å². The fraction of sp³-hybridized carbons (Fsp3) is 0.150. The van der Waals surface area contributed by atoms with Gasteiger partial charge in [-0.15, -0.1) is 0 Å². The SMILES string of the molecule is COc1cccc(Nc2nccc(C(=O)NCc3ccccc3C)n2)c1. The number of rotatable bonds is 6. The first-order valence-electron chi connectivity index (χ1n) is 8.22. The number of ether oxygens (including phenoxy) is 1. The summed E-state index contributed by atoms with van der Waals surface area (Å²) in [5.74, 6) is 0.827. The van der Waals surface area contributed by atoms with Crippen LogP contribution in [0.3, 0.4) is 0 Å². The molecule has 2 aromatic carbocycles. The molecule has 6 heteroatoms. The van der Waals surface area contributed by atoms with Gasteiger partial charge in [-0.2, -0.15) is 0 Å². The van der Waals surface area contributed by atoms with Crippen molar-refractivity contribution in [2.24, 2.45) is 0 Å². The van der Waals surface area contributed by atoms with Crippen molar-refractivity contribution in [1.29, 1.82) is 0 Å². The third kappa shape index (κ3) is 4.36. The predicted molar refractivity (Wildman–Crippen MR) is 101 cm³/mol. The standard InChI is InChI=1S/C20H20N4O2/c1-14-6-3-4-7-15(14)13-22-19(25)18-10-11-21-20(24-18)23-16-8-5-9-17(12-16)26-2/h3-12H,13H2,1-2H3,(H,22,25)(H,21,23,24). The van der Waals surface area contributed by atoms with Crippen LogP contribution in [-0.4, -0.2) is 23.0 Å². The number of benzene rings is 2. The van der Waals surface area contributed by atoms with Crippen LogP contribution in [0.5, 0.6) is 5.75 Å². The second-order valence-electron chi connectivity index (χ2n) is 5.73. The smallest absolute Gasteiger partial charge is 0.270 e. The van der Waals surface area contributed by atoms with Gasteiger partial charge in [0.15, 0.2) is 0 Å². The quantitative estimate of drug-likeness (QED) is 0.713. The van der Waals surface area contributed by atoms with E-state index in [-0.39, 0.29) is 5.91 Å². The molecule has 0 saturated carbocycles. The molecule has 6 nitrogen and oxygen atoms in total. The lowest BCUT2D eigenvalue weighted by molar-refractivity contribution is 0.0946. The lowest BCUT2D eigenvalue weighted by atomic mass is 10.1. The molecule has 0 aliphatic rings. The number of carbonyl (C=O) groups excluding carboxylic acids is 1. The third-order valence-corrected chi connectivity index (χ3v) is 3.91. The molecule has 0 aliphatic heterocycles. The number of nitrogens with zero attached hydrogens (tertiary/aromatic N) is 2. The number of aryl methyl sites for hydroxylation is 1. The Labute approximate surface area is 152 Å². The summed E-state index contributed by atoms with van der Waals surface area (Å²) in [5, 5.41) is 5.96. The summed E-state index contributed by atoms with van der Waals surface area (Å²) in [6.45, 7) is 2.47. The topological polar surface area (TPSA) is 76.1 Å². The summed E-state index contributed by atoms with van der Waals surface area (Å²) in [5.41, 5.74) is 3.29. The van der Waals surface area contributed by atoms with E-state index in [0.717, 1.165) is 22.6 Å². The molecule has 3 aromatic rings. The molecular formula is C20H20N4O2. The van der Waals surface area contributed by atoms with Crippen LogP contribution in [-0.2, 0) is 6.54 Å². The zero-order chi connectivity index (χ0) is 18.4. The first kappa shape index (κ1) is 17.4. The highest BCUT2D eigenvalue weighted by Gasteiger charge is 2.09. The summed E-state index contributed by atoms with van der Waals surface area (Å²) in [4.78, 5) is 20.8. The number of hydrogen-bond acceptors (Lipinski definition) is 5. The number of methoxy groups -OCH3 is 1. The van der Waals surface area contributed by atoms with E-state index in [9.17, 15) is 4.79 Å². The minimum Gasteiger partial charge on any atom is -0.497 e. The van der Waals surface area contributed by atoms with E-state index < -0.39 is 0 Å². The number of carbonyl (C=O) groups is 1. The van der Waals surface area contributed by atoms with Crippen LogP contribution in [0.25, 0.3) is 0 Å². The Balaban J connectivity index is 1.68. The molecule has 0 unspecified atom stereocenters. The van der Waals surface area contributed by atoms with Crippen LogP contribution in [0.1, 0.15) is 21.6 Å². The van der Waals surface area contributed by atoms with Crippen LogP contribution in [0.4, 0.5) is 11.6 Å². The van der Waals surface area contributed by atoms with E-state index in [1.54, 1.807) is 19.4 Å². The van der Waals surface area contributed by atoms with Crippen molar-refractivity contribution >= 4 is 17.5 Å². The van der Waals surface area contributed by atoms with Crippen molar-refractivity contribution < 1.29 is 9.53 Å². The van der Waals surface area contributed by atoms with Gasteiger partial charge in [-0.25, -0.2) is 9.97 Å². The van der Waals surface area contributed by atoms with Crippen molar-refractivity contribution in [2.45, 2.75) is 13.5 Å². The number of anilines is 2. The minimum absolute atomic E-state index is 0.246. The average Bonchev–Trinajstić information content (AvgIpc) is 2.67. The zero-order valence-corrected chi connectivity index (χ0v) is 14.7. The monoisotopic (exact) mass is 348 g/mol. The Morgan fingerprint density at radius 2 is 1.96 bits per heavy atom. The predicted octanol–water partition coefficient (Wildman–Crippen LogP) is 3.47. The van der Waals surface area contributed by atoms with Gasteiger partial charge in [0.25, 0.3) is 5.91 Å². The van der Waals surface area contributed by atoms with E-state index in [2.05, 4.69) is 20.6 Å². The van der Waals surface area contributed by atoms with Gasteiger partial charge in [-0.3, -0.25) is 4.79 Å². The molecule has 2 N–H and O–H groups in total. The summed E-state index contributed by atoms with van der Waals surface area (Å²) < 4.78 is 5.19. The van der Waals surface area contributed by atoms with Gasteiger partial charge in [0, 0.05) is 24.5 Å². The lowest BCUT2D eigenvalue weighted by Crippen LogP contribution is -2.24. The van der Waals surface area contributed by atoms with Gasteiger partial charge in [-0.05, 0) is 36.2 Å². The molecule has 0 atom stereocenters. The molecule has 1 amide bonds. The number of hydrogen-bond donors (Lipinski definition) is 2. The lowest BCUT2D eigenvalue weighted by Gasteiger charge is -2.09. The highest BCUT2D eigenvalue weighted by Crippen LogP contribution is 2.19. The molecule has 0 fully saturated rings. The molecule has 1 heterocycles. The molecule has 0 spiro atoms. The third-order valence-electron chi connectivity index (χ3n) is 3.91. The largest absolute Gasteiger partial charge is 0.497 e. The van der Waals surface area contributed by atoms with E-state index in [4.69, 9.17) is 4.74 Å². The second kappa shape index (κ2) is 8.11.